The maximum absolute atomic E-state index is 7.50. The van der Waals surface area contributed by atoms with Crippen LogP contribution in [0.25, 0.3) is 0 Å². The Bertz CT molecular complexity index is 249. The minimum atomic E-state index is 0.448. The molecule has 7 heteroatoms. The molecule has 0 bridgehead atoms. The van der Waals surface area contributed by atoms with Gasteiger partial charge in [-0.15, -0.1) is 0 Å². The molecule has 0 atom stereocenters. The van der Waals surface area contributed by atoms with Crippen LogP contribution in [0, 0.1) is 26.6 Å². The van der Waals surface area contributed by atoms with Gasteiger partial charge in [0.2, 0.25) is 0 Å². The molecule has 0 heterocycles. The molecule has 0 N–H and O–H groups in total. The molecule has 0 amide bonds. The molecular formula is C13H19FeNO5. The Morgan fingerprint density at radius 2 is 1.15 bits per heavy atom. The summed E-state index contributed by atoms with van der Waals surface area (Å²) in [5, 5.41) is 0. The van der Waals surface area contributed by atoms with Crippen molar-refractivity contribution in [3.8, 4) is 0 Å². The van der Waals surface area contributed by atoms with Crippen LogP contribution in [0.4, 0.5) is 0 Å². The summed E-state index contributed by atoms with van der Waals surface area (Å²) in [6.45, 7) is 29.2. The van der Waals surface area contributed by atoms with E-state index >= 15 is 0 Å². The van der Waals surface area contributed by atoms with Gasteiger partial charge in [-0.2, -0.15) is 0 Å². The predicted octanol–water partition coefficient (Wildman–Crippen LogP) is 1.63. The average Bonchev–Trinajstić information content (AvgIpc) is 2.47. The molecule has 0 aromatic carbocycles. The van der Waals surface area contributed by atoms with Crippen molar-refractivity contribution in [2.45, 2.75) is 46.7 Å². The van der Waals surface area contributed by atoms with Crippen molar-refractivity contribution in [3.63, 3.8) is 0 Å². The molecule has 6 nitrogen and oxygen atoms in total. The van der Waals surface area contributed by atoms with Gasteiger partial charge in [0.15, 0.2) is 0 Å². The Balaban J connectivity index is -0.0000000799. The van der Waals surface area contributed by atoms with E-state index in [9.17, 15) is 0 Å². The Morgan fingerprint density at radius 1 is 0.900 bits per heavy atom. The number of rotatable bonds is 5. The van der Waals surface area contributed by atoms with Gasteiger partial charge in [-0.05, 0) is 0 Å². The third-order valence-electron chi connectivity index (χ3n) is 1.57. The quantitative estimate of drug-likeness (QED) is 0.436. The van der Waals surface area contributed by atoms with Crippen molar-refractivity contribution in [1.29, 1.82) is 0 Å². The first kappa shape index (κ1) is 31.6. The summed E-state index contributed by atoms with van der Waals surface area (Å²) in [7, 11) is 0. The first-order valence-electron chi connectivity index (χ1n) is 5.24. The van der Waals surface area contributed by atoms with Crippen molar-refractivity contribution in [2.24, 2.45) is 0 Å². The van der Waals surface area contributed by atoms with Gasteiger partial charge in [0.1, 0.15) is 0 Å². The molecule has 0 rings (SSSR count). The van der Waals surface area contributed by atoms with Gasteiger partial charge >= 0.3 is 128 Å². The van der Waals surface area contributed by atoms with Crippen LogP contribution in [0.3, 0.4) is 0 Å². The molecule has 0 radical (unpaired) electrons. The summed E-state index contributed by atoms with van der Waals surface area (Å²) < 4.78 is 36.1. The Hall–Kier alpha value is -0.731. The Kier molecular flexibility index (Phi) is 48.9. The van der Waals surface area contributed by atoms with Crippen LogP contribution in [0.1, 0.15) is 34.6 Å². The van der Waals surface area contributed by atoms with Crippen LogP contribution in [0.5, 0.6) is 0 Å². The van der Waals surface area contributed by atoms with Crippen LogP contribution < -0.4 is 0 Å². The molecule has 20 heavy (non-hydrogen) atoms. The zero-order valence-corrected chi connectivity index (χ0v) is 13.3. The molecule has 114 valence electrons. The minimum absolute atomic E-state index is 0.448. The fourth-order valence-corrected chi connectivity index (χ4v) is 1.91. The molecule has 0 fully saturated rings. The average molecular weight is 325 g/mol. The predicted molar refractivity (Wildman–Crippen MR) is 64.5 cm³/mol. The Morgan fingerprint density at radius 3 is 1.30 bits per heavy atom. The summed E-state index contributed by atoms with van der Waals surface area (Å²) in [5.41, 5.74) is 0. The molecule has 0 aliphatic rings. The van der Waals surface area contributed by atoms with Crippen molar-refractivity contribution < 1.29 is 38.9 Å². The molecule has 0 aromatic heterocycles. The van der Waals surface area contributed by atoms with Crippen molar-refractivity contribution in [2.75, 3.05) is 6.61 Å². The molecule has 0 aromatic rings. The standard InChI is InChI=1S/C9H19NO.4CO.Fe/c1-6-11-7-10(8(2)3)9(4)5;4*1-2;/h8-9H,6H2,1-5H3;;;;;. The number of hydrogen-bond donors (Lipinski definition) is 0. The molecule has 0 aliphatic heterocycles. The van der Waals surface area contributed by atoms with Gasteiger partial charge in [-0.25, -0.2) is 0 Å². The first-order chi connectivity index (χ1) is 9.50. The van der Waals surface area contributed by atoms with Crippen LogP contribution in [-0.2, 0) is 38.9 Å². The zero-order valence-electron chi connectivity index (χ0n) is 12.2. The second-order valence-corrected chi connectivity index (χ2v) is 3.74. The fourth-order valence-electron chi connectivity index (χ4n) is 1.18. The summed E-state index contributed by atoms with van der Waals surface area (Å²) in [5.74, 6) is 0. The summed E-state index contributed by atoms with van der Waals surface area (Å²) in [6, 6.07) is 0.896. The van der Waals surface area contributed by atoms with E-state index in [0.717, 1.165) is 4.73 Å². The topological polar surface area (TPSA) is 92.1 Å². The molecular weight excluding hydrogens is 306 g/mol. The van der Waals surface area contributed by atoms with E-state index in [1.54, 1.807) is 0 Å². The van der Waals surface area contributed by atoms with Gasteiger partial charge in [-0.3, -0.25) is 0 Å². The van der Waals surface area contributed by atoms with Crippen LogP contribution in [0.2, 0.25) is 0 Å². The van der Waals surface area contributed by atoms with Gasteiger partial charge < -0.3 is 0 Å². The van der Waals surface area contributed by atoms with Crippen molar-refractivity contribution >= 4 is 4.73 Å². The van der Waals surface area contributed by atoms with E-state index < -0.39 is 0 Å². The molecule has 0 spiro atoms. The van der Waals surface area contributed by atoms with E-state index in [-0.39, 0.29) is 0 Å². The summed E-state index contributed by atoms with van der Waals surface area (Å²) >= 11 is 3.89. The fraction of sp³-hybridized carbons (Fsp3) is 0.615. The van der Waals surface area contributed by atoms with Gasteiger partial charge in [0, 0.05) is 0 Å². The van der Waals surface area contributed by atoms with Crippen LogP contribution in [-0.4, -0.2) is 28.3 Å². The normalized spacial score (nSPS) is 7.45. The van der Waals surface area contributed by atoms with Crippen molar-refractivity contribution in [1.82, 2.24) is 4.90 Å². The Labute approximate surface area is 129 Å². The SMILES string of the molecule is CCO[C](=[Fe])N(C(C)C)C(C)C.[C-]#[O+].[C-]#[O+].[C-]#[O+].[C-]#[O+]. The maximum atomic E-state index is 7.50. The summed E-state index contributed by atoms with van der Waals surface area (Å²) in [4.78, 5) is 2.17. The van der Waals surface area contributed by atoms with Crippen molar-refractivity contribution in [3.05, 3.63) is 26.6 Å². The number of ether oxygens (including phenoxy) is 1. The van der Waals surface area contributed by atoms with Gasteiger partial charge in [0.25, 0.3) is 0 Å². The van der Waals surface area contributed by atoms with E-state index in [0.29, 0.717) is 18.7 Å². The molecule has 0 saturated carbocycles. The number of hydrogen-bond acceptors (Lipinski definition) is 2. The number of nitrogens with zero attached hydrogens (tertiary/aromatic N) is 1. The third-order valence-corrected chi connectivity index (χ3v) is 2.01. The third kappa shape index (κ3) is 22.4. The summed E-state index contributed by atoms with van der Waals surface area (Å²) in [6.07, 6.45) is 0. The second kappa shape index (κ2) is 30.9. The second-order valence-electron chi connectivity index (χ2n) is 3.27. The van der Waals surface area contributed by atoms with E-state index in [4.69, 9.17) is 23.3 Å². The van der Waals surface area contributed by atoms with Gasteiger partial charge in [0.05, 0.1) is 0 Å². The van der Waals surface area contributed by atoms with E-state index in [1.165, 1.54) is 0 Å². The zero-order chi connectivity index (χ0) is 17.7. The van der Waals surface area contributed by atoms with Gasteiger partial charge in [-0.1, -0.05) is 0 Å². The molecule has 0 saturated heterocycles. The van der Waals surface area contributed by atoms with Crippen LogP contribution >= 0.6 is 0 Å². The molecule has 0 unspecified atom stereocenters. The van der Waals surface area contributed by atoms with Crippen LogP contribution in [0.15, 0.2) is 0 Å². The monoisotopic (exact) mass is 325 g/mol. The van der Waals surface area contributed by atoms with E-state index in [1.807, 2.05) is 6.92 Å². The first-order valence-corrected chi connectivity index (χ1v) is 5.79. The van der Waals surface area contributed by atoms with E-state index in [2.05, 4.69) is 74.8 Å². The molecule has 0 aliphatic carbocycles.